The largest absolute Gasteiger partial charge is 0.444 e. The highest BCUT2D eigenvalue weighted by Gasteiger charge is 2.48. The van der Waals surface area contributed by atoms with Crippen LogP contribution in [0.1, 0.15) is 34.1 Å². The van der Waals surface area contributed by atoms with Crippen molar-refractivity contribution in [2.75, 3.05) is 13.1 Å². The fraction of sp³-hybridized carbons (Fsp3) is 0.833. The normalized spacial score (nSPS) is 21.0. The number of halogens is 2. The summed E-state index contributed by atoms with van der Waals surface area (Å²) in [4.78, 5) is 23.8. The van der Waals surface area contributed by atoms with Gasteiger partial charge in [0.05, 0.1) is 0 Å². The lowest BCUT2D eigenvalue weighted by Gasteiger charge is -2.25. The lowest BCUT2D eigenvalue weighted by Crippen LogP contribution is -2.40. The van der Waals surface area contributed by atoms with Gasteiger partial charge in [-0.3, -0.25) is 4.79 Å². The maximum atomic E-state index is 13.5. The summed E-state index contributed by atoms with van der Waals surface area (Å²) >= 11 is 0. The van der Waals surface area contributed by atoms with Gasteiger partial charge >= 0.3 is 12.0 Å². The Morgan fingerprint density at radius 1 is 1.28 bits per heavy atom. The predicted octanol–water partition coefficient (Wildman–Crippen LogP) is 2.47. The van der Waals surface area contributed by atoms with E-state index in [1.54, 1.807) is 20.8 Å². The Hall–Kier alpha value is -1.20. The van der Waals surface area contributed by atoms with Gasteiger partial charge in [-0.05, 0) is 27.2 Å². The number of nitrogens with zero attached hydrogens (tertiary/aromatic N) is 1. The van der Waals surface area contributed by atoms with Gasteiger partial charge in [0.2, 0.25) is 0 Å². The summed E-state index contributed by atoms with van der Waals surface area (Å²) < 4.78 is 32.1. The van der Waals surface area contributed by atoms with Crippen molar-refractivity contribution in [1.29, 1.82) is 0 Å². The number of likely N-dealkylation sites (tertiary alicyclic amines) is 1. The first-order valence-electron chi connectivity index (χ1n) is 5.91. The van der Waals surface area contributed by atoms with Gasteiger partial charge in [0.25, 0.3) is 0 Å². The highest BCUT2D eigenvalue weighted by Crippen LogP contribution is 2.33. The van der Waals surface area contributed by atoms with Crippen LogP contribution in [0.5, 0.6) is 0 Å². The zero-order chi connectivity index (χ0) is 14.1. The molecule has 1 saturated heterocycles. The van der Waals surface area contributed by atoms with E-state index >= 15 is 0 Å². The second-order valence-corrected chi connectivity index (χ2v) is 5.59. The number of rotatable bonds is 2. The highest BCUT2D eigenvalue weighted by molar-refractivity contribution is 5.83. The molecule has 104 valence electrons. The molecular weight excluding hydrogens is 244 g/mol. The van der Waals surface area contributed by atoms with E-state index in [-0.39, 0.29) is 19.5 Å². The van der Waals surface area contributed by atoms with Crippen LogP contribution in [0, 0.1) is 5.92 Å². The zero-order valence-corrected chi connectivity index (χ0v) is 11.1. The molecule has 4 nitrogen and oxygen atoms in total. The molecule has 0 spiro atoms. The Labute approximate surface area is 105 Å². The minimum absolute atomic E-state index is 0.117. The Balaban J connectivity index is 2.62. The molecule has 0 N–H and O–H groups in total. The third kappa shape index (κ3) is 3.40. The first-order valence-corrected chi connectivity index (χ1v) is 5.91. The van der Waals surface area contributed by atoms with Crippen LogP contribution in [-0.4, -0.2) is 41.4 Å². The van der Waals surface area contributed by atoms with E-state index in [4.69, 9.17) is 4.74 Å². The average molecular weight is 263 g/mol. The second kappa shape index (κ2) is 4.82. The van der Waals surface area contributed by atoms with Crippen LogP contribution in [0.25, 0.3) is 0 Å². The third-order valence-electron chi connectivity index (χ3n) is 2.82. The maximum absolute atomic E-state index is 13.5. The van der Waals surface area contributed by atoms with Crippen LogP contribution in [0.4, 0.5) is 13.6 Å². The van der Waals surface area contributed by atoms with E-state index in [0.29, 0.717) is 0 Å². The van der Waals surface area contributed by atoms with Crippen LogP contribution >= 0.6 is 0 Å². The van der Waals surface area contributed by atoms with Gasteiger partial charge in [0.1, 0.15) is 5.60 Å². The highest BCUT2D eigenvalue weighted by atomic mass is 19.3. The smallest absolute Gasteiger partial charge is 0.410 e. The van der Waals surface area contributed by atoms with Gasteiger partial charge in [-0.2, -0.15) is 8.78 Å². The van der Waals surface area contributed by atoms with Crippen molar-refractivity contribution in [2.45, 2.75) is 45.6 Å². The second-order valence-electron chi connectivity index (χ2n) is 5.59. The minimum atomic E-state index is -3.36. The number of carbonyl (C=O) groups excluding carboxylic acids is 2. The van der Waals surface area contributed by atoms with Gasteiger partial charge in [0, 0.05) is 25.9 Å². The van der Waals surface area contributed by atoms with Crippen molar-refractivity contribution in [2.24, 2.45) is 5.92 Å². The van der Waals surface area contributed by atoms with Crippen molar-refractivity contribution < 1.29 is 23.1 Å². The van der Waals surface area contributed by atoms with Crippen molar-refractivity contribution >= 4 is 11.9 Å². The zero-order valence-electron chi connectivity index (χ0n) is 11.1. The third-order valence-corrected chi connectivity index (χ3v) is 2.82. The minimum Gasteiger partial charge on any atom is -0.444 e. The lowest BCUT2D eigenvalue weighted by atomic mass is 9.98. The van der Waals surface area contributed by atoms with E-state index in [9.17, 15) is 18.4 Å². The van der Waals surface area contributed by atoms with Crippen LogP contribution < -0.4 is 0 Å². The van der Waals surface area contributed by atoms with Gasteiger partial charge in [0.15, 0.2) is 5.78 Å². The Kier molecular flexibility index (Phi) is 3.98. The molecular formula is C12H19F2NO3. The molecule has 0 aromatic carbocycles. The molecule has 1 unspecified atom stereocenters. The van der Waals surface area contributed by atoms with E-state index in [0.717, 1.165) is 6.92 Å². The number of hydrogen-bond acceptors (Lipinski definition) is 3. The predicted molar refractivity (Wildman–Crippen MR) is 61.5 cm³/mol. The number of alkyl halides is 2. The molecule has 0 bridgehead atoms. The number of ether oxygens (including phenoxy) is 1. The molecule has 1 aliphatic rings. The molecule has 18 heavy (non-hydrogen) atoms. The van der Waals surface area contributed by atoms with Crippen molar-refractivity contribution in [3.05, 3.63) is 0 Å². The van der Waals surface area contributed by atoms with Crippen molar-refractivity contribution in [3.63, 3.8) is 0 Å². The van der Waals surface area contributed by atoms with E-state index in [2.05, 4.69) is 0 Å². The number of hydrogen-bond donors (Lipinski definition) is 0. The molecule has 0 aliphatic carbocycles. The van der Waals surface area contributed by atoms with Gasteiger partial charge in [-0.25, -0.2) is 4.79 Å². The van der Waals surface area contributed by atoms with Crippen LogP contribution in [0.2, 0.25) is 0 Å². The fourth-order valence-corrected chi connectivity index (χ4v) is 1.84. The van der Waals surface area contributed by atoms with Crippen molar-refractivity contribution in [3.8, 4) is 0 Å². The topological polar surface area (TPSA) is 46.6 Å². The molecule has 1 rings (SSSR count). The molecule has 0 aromatic rings. The summed E-state index contributed by atoms with van der Waals surface area (Å²) in [6.07, 6.45) is -0.490. The molecule has 1 fully saturated rings. The van der Waals surface area contributed by atoms with Crippen LogP contribution in [0.3, 0.4) is 0 Å². The molecule has 1 amide bonds. The van der Waals surface area contributed by atoms with Crippen LogP contribution in [0.15, 0.2) is 0 Å². The fourth-order valence-electron chi connectivity index (χ4n) is 1.84. The Morgan fingerprint density at radius 3 is 2.28 bits per heavy atom. The molecule has 0 radical (unpaired) electrons. The van der Waals surface area contributed by atoms with E-state index < -0.39 is 29.3 Å². The SMILES string of the molecule is CC(=O)C(F)(F)C1CCN(C(=O)OC(C)(C)C)C1. The molecule has 1 aliphatic heterocycles. The number of carbonyl (C=O) groups is 2. The molecule has 6 heteroatoms. The number of ketones is 1. The molecule has 0 saturated carbocycles. The summed E-state index contributed by atoms with van der Waals surface area (Å²) in [5.41, 5.74) is -0.655. The summed E-state index contributed by atoms with van der Waals surface area (Å²) in [6, 6.07) is 0. The van der Waals surface area contributed by atoms with Gasteiger partial charge < -0.3 is 9.64 Å². The first kappa shape index (κ1) is 14.9. The lowest BCUT2D eigenvalue weighted by molar-refractivity contribution is -0.148. The molecule has 0 aromatic heterocycles. The van der Waals surface area contributed by atoms with Gasteiger partial charge in [-0.1, -0.05) is 0 Å². The van der Waals surface area contributed by atoms with Gasteiger partial charge in [-0.15, -0.1) is 0 Å². The number of amides is 1. The number of Topliss-reactive ketones (excluding diaryl/α,β-unsaturated/α-hetero) is 1. The first-order chi connectivity index (χ1) is 8.04. The quantitative estimate of drug-likeness (QED) is 0.769. The van der Waals surface area contributed by atoms with Crippen molar-refractivity contribution in [1.82, 2.24) is 4.90 Å². The standard InChI is InChI=1S/C12H19F2NO3/c1-8(16)12(13,14)9-5-6-15(7-9)10(17)18-11(2,3)4/h9H,5-7H2,1-4H3. The summed E-state index contributed by atoms with van der Waals surface area (Å²) in [5.74, 6) is -5.63. The van der Waals surface area contributed by atoms with E-state index in [1.165, 1.54) is 4.90 Å². The molecule has 1 atom stereocenters. The summed E-state index contributed by atoms with van der Waals surface area (Å²) in [6.45, 7) is 6.06. The maximum Gasteiger partial charge on any atom is 0.410 e. The average Bonchev–Trinajstić information content (AvgIpc) is 2.63. The monoisotopic (exact) mass is 263 g/mol. The summed E-state index contributed by atoms with van der Waals surface area (Å²) in [5, 5.41) is 0. The summed E-state index contributed by atoms with van der Waals surface area (Å²) in [7, 11) is 0. The Morgan fingerprint density at radius 2 is 1.83 bits per heavy atom. The molecule has 1 heterocycles. The van der Waals surface area contributed by atoms with Crippen LogP contribution in [-0.2, 0) is 9.53 Å². The van der Waals surface area contributed by atoms with E-state index in [1.807, 2.05) is 0 Å². The Bertz CT molecular complexity index is 350.